The number of amides is 1. The van der Waals surface area contributed by atoms with Gasteiger partial charge in [0.05, 0.1) is 22.4 Å². The first kappa shape index (κ1) is 22.9. The number of ether oxygens (including phenoxy) is 1. The summed E-state index contributed by atoms with van der Waals surface area (Å²) in [6.07, 6.45) is 0.951. The molecule has 2 aromatic rings. The number of nitrogens with zero attached hydrogens (tertiary/aromatic N) is 1. The van der Waals surface area contributed by atoms with Crippen molar-refractivity contribution >= 4 is 44.8 Å². The van der Waals surface area contributed by atoms with Crippen LogP contribution < -0.4 is 10.1 Å². The molecule has 30 heavy (non-hydrogen) atoms. The van der Waals surface area contributed by atoms with Gasteiger partial charge in [0.1, 0.15) is 5.75 Å². The van der Waals surface area contributed by atoms with E-state index < -0.39 is 10.0 Å². The van der Waals surface area contributed by atoms with Crippen LogP contribution in [0.5, 0.6) is 5.75 Å². The summed E-state index contributed by atoms with van der Waals surface area (Å²) >= 11 is 11.9. The number of rotatable bonds is 7. The van der Waals surface area contributed by atoms with Crippen LogP contribution in [0.15, 0.2) is 42.5 Å². The van der Waals surface area contributed by atoms with Crippen molar-refractivity contribution in [2.24, 2.45) is 5.92 Å². The lowest BCUT2D eigenvalue weighted by molar-refractivity contribution is -0.120. The maximum Gasteiger partial charge on any atom is 0.227 e. The second-order valence-electron chi connectivity index (χ2n) is 7.12. The molecule has 3 rings (SSSR count). The average Bonchev–Trinajstić information content (AvgIpc) is 2.72. The Balaban J connectivity index is 1.54. The normalized spacial score (nSPS) is 15.7. The highest BCUT2D eigenvalue weighted by atomic mass is 35.5. The van der Waals surface area contributed by atoms with E-state index in [9.17, 15) is 13.2 Å². The van der Waals surface area contributed by atoms with Crippen molar-refractivity contribution in [1.29, 1.82) is 0 Å². The molecule has 2 aromatic carbocycles. The molecule has 0 bridgehead atoms. The maximum atomic E-state index is 12.7. The van der Waals surface area contributed by atoms with Gasteiger partial charge in [0, 0.05) is 24.7 Å². The van der Waals surface area contributed by atoms with Gasteiger partial charge in [-0.3, -0.25) is 4.79 Å². The quantitative estimate of drug-likeness (QED) is 0.642. The fourth-order valence-corrected chi connectivity index (χ4v) is 5.24. The van der Waals surface area contributed by atoms with Crippen molar-refractivity contribution < 1.29 is 17.9 Å². The Hall–Kier alpha value is -1.80. The summed E-state index contributed by atoms with van der Waals surface area (Å²) in [4.78, 5) is 12.6. The van der Waals surface area contributed by atoms with Gasteiger partial charge in [0.25, 0.3) is 0 Å². The molecule has 1 N–H and O–H groups in total. The minimum Gasteiger partial charge on any atom is -0.494 e. The third kappa shape index (κ3) is 5.88. The van der Waals surface area contributed by atoms with Gasteiger partial charge in [-0.05, 0) is 61.7 Å². The third-order valence-corrected chi connectivity index (χ3v) is 7.57. The van der Waals surface area contributed by atoms with E-state index in [1.165, 1.54) is 4.31 Å². The second-order valence-corrected chi connectivity index (χ2v) is 9.91. The summed E-state index contributed by atoms with van der Waals surface area (Å²) in [6.45, 7) is 3.11. The lowest BCUT2D eigenvalue weighted by Gasteiger charge is -2.30. The Morgan fingerprint density at radius 2 is 1.77 bits per heavy atom. The number of sulfonamides is 1. The fraction of sp³-hybridized carbons (Fsp3) is 0.381. The molecule has 0 saturated carbocycles. The van der Waals surface area contributed by atoms with Crippen LogP contribution in [0.25, 0.3) is 0 Å². The Morgan fingerprint density at radius 1 is 1.10 bits per heavy atom. The first-order valence-electron chi connectivity index (χ1n) is 9.74. The van der Waals surface area contributed by atoms with E-state index in [2.05, 4.69) is 5.32 Å². The van der Waals surface area contributed by atoms with Crippen LogP contribution in [-0.2, 0) is 20.6 Å². The van der Waals surface area contributed by atoms with Gasteiger partial charge in [-0.2, -0.15) is 0 Å². The number of benzene rings is 2. The molecule has 1 fully saturated rings. The van der Waals surface area contributed by atoms with E-state index >= 15 is 0 Å². The molecule has 162 valence electrons. The van der Waals surface area contributed by atoms with Gasteiger partial charge >= 0.3 is 0 Å². The monoisotopic (exact) mass is 470 g/mol. The summed E-state index contributed by atoms with van der Waals surface area (Å²) in [5, 5.41) is 3.61. The molecule has 0 atom stereocenters. The highest BCUT2D eigenvalue weighted by Gasteiger charge is 2.31. The van der Waals surface area contributed by atoms with Crippen molar-refractivity contribution in [3.8, 4) is 5.75 Å². The van der Waals surface area contributed by atoms with Crippen LogP contribution in [0, 0.1) is 5.92 Å². The van der Waals surface area contributed by atoms with Crippen LogP contribution in [0.2, 0.25) is 10.0 Å². The van der Waals surface area contributed by atoms with Crippen molar-refractivity contribution in [2.45, 2.75) is 25.5 Å². The predicted octanol–water partition coefficient (Wildman–Crippen LogP) is 4.57. The molecule has 9 heteroatoms. The topological polar surface area (TPSA) is 75.7 Å². The molecule has 6 nitrogen and oxygen atoms in total. The second kappa shape index (κ2) is 10.0. The number of anilines is 1. The number of piperidine rings is 1. The van der Waals surface area contributed by atoms with Crippen molar-refractivity contribution in [2.75, 3.05) is 25.0 Å². The first-order chi connectivity index (χ1) is 14.3. The van der Waals surface area contributed by atoms with Crippen molar-refractivity contribution in [3.05, 3.63) is 58.1 Å². The van der Waals surface area contributed by atoms with Gasteiger partial charge in [-0.15, -0.1) is 0 Å². The summed E-state index contributed by atoms with van der Waals surface area (Å²) in [5.41, 5.74) is 1.28. The van der Waals surface area contributed by atoms with Crippen LogP contribution in [0.4, 0.5) is 5.69 Å². The molecule has 1 aliphatic heterocycles. The zero-order valence-corrected chi connectivity index (χ0v) is 18.9. The number of carbonyl (C=O) groups excluding carboxylic acids is 1. The Kier molecular flexibility index (Phi) is 7.63. The standard InChI is InChI=1S/C21H24Cl2N2O4S/c1-2-29-18-6-4-17(5-7-18)24-21(26)16-9-11-25(12-10-16)30(27,28)14-15-3-8-19(22)20(23)13-15/h3-8,13,16H,2,9-12,14H2,1H3,(H,24,26). The molecule has 0 aliphatic carbocycles. The summed E-state index contributed by atoms with van der Waals surface area (Å²) < 4.78 is 32.3. The van der Waals surface area contributed by atoms with E-state index in [0.717, 1.165) is 5.75 Å². The molecular formula is C21H24Cl2N2O4S. The Labute approximate surface area is 187 Å². The van der Waals surface area contributed by atoms with E-state index in [-0.39, 0.29) is 17.6 Å². The van der Waals surface area contributed by atoms with Crippen molar-refractivity contribution in [3.63, 3.8) is 0 Å². The minimum atomic E-state index is -3.50. The zero-order valence-electron chi connectivity index (χ0n) is 16.6. The molecule has 0 aromatic heterocycles. The number of hydrogen-bond donors (Lipinski definition) is 1. The average molecular weight is 471 g/mol. The molecule has 0 spiro atoms. The third-order valence-electron chi connectivity index (χ3n) is 4.98. The van der Waals surface area contributed by atoms with Crippen LogP contribution in [0.1, 0.15) is 25.3 Å². The van der Waals surface area contributed by atoms with Gasteiger partial charge in [-0.25, -0.2) is 12.7 Å². The zero-order chi connectivity index (χ0) is 21.7. The first-order valence-corrected chi connectivity index (χ1v) is 12.1. The molecule has 1 saturated heterocycles. The maximum absolute atomic E-state index is 12.7. The SMILES string of the molecule is CCOc1ccc(NC(=O)C2CCN(S(=O)(=O)Cc3ccc(Cl)c(Cl)c3)CC2)cc1. The van der Waals surface area contributed by atoms with Gasteiger partial charge in [-0.1, -0.05) is 29.3 Å². The summed E-state index contributed by atoms with van der Waals surface area (Å²) in [6, 6.07) is 12.0. The number of hydrogen-bond acceptors (Lipinski definition) is 4. The minimum absolute atomic E-state index is 0.0966. The van der Waals surface area contributed by atoms with Gasteiger partial charge in [0.2, 0.25) is 15.9 Å². The molecular weight excluding hydrogens is 447 g/mol. The lowest BCUT2D eigenvalue weighted by Crippen LogP contribution is -2.41. The molecule has 1 aliphatic rings. The van der Waals surface area contributed by atoms with E-state index in [1.54, 1.807) is 42.5 Å². The smallest absolute Gasteiger partial charge is 0.227 e. The summed E-state index contributed by atoms with van der Waals surface area (Å²) in [5.74, 6) is 0.275. The van der Waals surface area contributed by atoms with Gasteiger partial charge in [0.15, 0.2) is 0 Å². The van der Waals surface area contributed by atoms with Crippen LogP contribution in [0.3, 0.4) is 0 Å². The van der Waals surface area contributed by atoms with E-state index in [0.29, 0.717) is 53.8 Å². The Morgan fingerprint density at radius 3 is 2.37 bits per heavy atom. The van der Waals surface area contributed by atoms with Crippen LogP contribution in [-0.4, -0.2) is 38.3 Å². The molecule has 0 unspecified atom stereocenters. The molecule has 0 radical (unpaired) electrons. The van der Waals surface area contributed by atoms with Crippen molar-refractivity contribution in [1.82, 2.24) is 4.31 Å². The lowest BCUT2D eigenvalue weighted by atomic mass is 9.97. The van der Waals surface area contributed by atoms with E-state index in [4.69, 9.17) is 27.9 Å². The number of carbonyl (C=O) groups is 1. The number of halogens is 2. The van der Waals surface area contributed by atoms with E-state index in [1.807, 2.05) is 6.92 Å². The molecule has 1 amide bonds. The molecule has 1 heterocycles. The largest absolute Gasteiger partial charge is 0.494 e. The highest BCUT2D eigenvalue weighted by molar-refractivity contribution is 7.88. The summed E-state index contributed by atoms with van der Waals surface area (Å²) in [7, 11) is -3.50. The fourth-order valence-electron chi connectivity index (χ4n) is 3.37. The highest BCUT2D eigenvalue weighted by Crippen LogP contribution is 2.26. The van der Waals surface area contributed by atoms with Gasteiger partial charge < -0.3 is 10.1 Å². The Bertz CT molecular complexity index is 989. The number of nitrogens with one attached hydrogen (secondary N) is 1. The van der Waals surface area contributed by atoms with Crippen LogP contribution >= 0.6 is 23.2 Å². The predicted molar refractivity (Wildman–Crippen MR) is 120 cm³/mol.